The number of ether oxygens (including phenoxy) is 2. The maximum atomic E-state index is 12.4. The topological polar surface area (TPSA) is 52.6 Å². The van der Waals surface area contributed by atoms with Crippen LogP contribution in [-0.2, 0) is 22.3 Å². The number of carbonyl (C=O) groups is 2. The fourth-order valence-electron chi connectivity index (χ4n) is 4.11. The van der Waals surface area contributed by atoms with Crippen LogP contribution in [0.4, 0.5) is 0 Å². The summed E-state index contributed by atoms with van der Waals surface area (Å²) in [6.45, 7) is 10.6. The second-order valence-electron chi connectivity index (χ2n) is 9.40. The van der Waals surface area contributed by atoms with Crippen LogP contribution in [0.1, 0.15) is 92.1 Å². The molecule has 4 nitrogen and oxygen atoms in total. The van der Waals surface area contributed by atoms with E-state index in [1.165, 1.54) is 36.8 Å². The molecule has 3 atom stereocenters. The first kappa shape index (κ1) is 26.6. The first-order chi connectivity index (χ1) is 15.8. The highest BCUT2D eigenvalue weighted by Crippen LogP contribution is 2.16. The van der Waals surface area contributed by atoms with Crippen molar-refractivity contribution < 1.29 is 19.1 Å². The van der Waals surface area contributed by atoms with E-state index in [-0.39, 0.29) is 6.61 Å². The smallest absolute Gasteiger partial charge is 0.338 e. The van der Waals surface area contributed by atoms with Crippen molar-refractivity contribution in [3.8, 4) is 0 Å². The van der Waals surface area contributed by atoms with E-state index in [0.29, 0.717) is 23.0 Å². The summed E-state index contributed by atoms with van der Waals surface area (Å²) < 4.78 is 10.8. The second kappa shape index (κ2) is 13.8. The third-order valence-corrected chi connectivity index (χ3v) is 5.87. The standard InChI is InChI=1S/C29H40O4/c1-6-8-21(3)18-24-10-14-26(15-11-24)28(30)32-20-23(5)33-29(31)27-16-12-25(13-17-27)19-22(4)9-7-2/h10-17,21-23H,6-9,18-20H2,1-5H3/t21-,22-,23?/m1/s1. The van der Waals surface area contributed by atoms with E-state index in [0.717, 1.165) is 12.8 Å². The quantitative estimate of drug-likeness (QED) is 0.306. The number of rotatable bonds is 13. The Hall–Kier alpha value is -2.62. The predicted octanol–water partition coefficient (Wildman–Crippen LogP) is 7.05. The molecule has 0 radical (unpaired) electrons. The third-order valence-electron chi connectivity index (χ3n) is 5.87. The van der Waals surface area contributed by atoms with Gasteiger partial charge < -0.3 is 9.47 Å². The number of esters is 2. The van der Waals surface area contributed by atoms with Crippen LogP contribution in [0, 0.1) is 11.8 Å². The molecule has 0 saturated heterocycles. The van der Waals surface area contributed by atoms with Gasteiger partial charge in [0.2, 0.25) is 0 Å². The van der Waals surface area contributed by atoms with Gasteiger partial charge in [-0.1, -0.05) is 77.6 Å². The third kappa shape index (κ3) is 9.41. The van der Waals surface area contributed by atoms with Crippen LogP contribution in [0.3, 0.4) is 0 Å². The van der Waals surface area contributed by atoms with E-state index in [2.05, 4.69) is 27.7 Å². The Bertz CT molecular complexity index is 854. The fraction of sp³-hybridized carbons (Fsp3) is 0.517. The Kier molecular flexibility index (Phi) is 11.2. The molecular formula is C29H40O4. The van der Waals surface area contributed by atoms with Crippen LogP contribution in [-0.4, -0.2) is 24.6 Å². The van der Waals surface area contributed by atoms with Crippen LogP contribution in [0.15, 0.2) is 48.5 Å². The number of carbonyl (C=O) groups excluding carboxylic acids is 2. The Labute approximate surface area is 199 Å². The molecule has 0 saturated carbocycles. The van der Waals surface area contributed by atoms with E-state index in [4.69, 9.17) is 9.47 Å². The minimum atomic E-state index is -0.528. The van der Waals surface area contributed by atoms with Gasteiger partial charge in [-0.25, -0.2) is 9.59 Å². The summed E-state index contributed by atoms with van der Waals surface area (Å²) in [5, 5.41) is 0. The van der Waals surface area contributed by atoms with Crippen molar-refractivity contribution in [2.24, 2.45) is 11.8 Å². The van der Waals surface area contributed by atoms with Crippen LogP contribution in [0.25, 0.3) is 0 Å². The Balaban J connectivity index is 1.79. The van der Waals surface area contributed by atoms with Crippen molar-refractivity contribution in [1.82, 2.24) is 0 Å². The van der Waals surface area contributed by atoms with Gasteiger partial charge in [-0.3, -0.25) is 0 Å². The van der Waals surface area contributed by atoms with Gasteiger partial charge >= 0.3 is 11.9 Å². The largest absolute Gasteiger partial charge is 0.458 e. The van der Waals surface area contributed by atoms with Crippen molar-refractivity contribution in [2.45, 2.75) is 79.2 Å². The SMILES string of the molecule is CCC[C@@H](C)Cc1ccc(C(=O)OCC(C)OC(=O)c2ccc(C[C@H](C)CCC)cc2)cc1. The molecule has 0 aliphatic heterocycles. The lowest BCUT2D eigenvalue weighted by molar-refractivity contribution is 0.00448. The van der Waals surface area contributed by atoms with Crippen molar-refractivity contribution >= 4 is 11.9 Å². The first-order valence-electron chi connectivity index (χ1n) is 12.4. The highest BCUT2D eigenvalue weighted by atomic mass is 16.6. The van der Waals surface area contributed by atoms with Crippen LogP contribution in [0.2, 0.25) is 0 Å². The first-order valence-corrected chi connectivity index (χ1v) is 12.4. The summed E-state index contributed by atoms with van der Waals surface area (Å²) in [6, 6.07) is 15.2. The molecule has 0 aliphatic rings. The van der Waals surface area contributed by atoms with Crippen molar-refractivity contribution in [1.29, 1.82) is 0 Å². The summed E-state index contributed by atoms with van der Waals surface area (Å²) in [5.41, 5.74) is 3.46. The predicted molar refractivity (Wildman–Crippen MR) is 134 cm³/mol. The van der Waals surface area contributed by atoms with E-state index < -0.39 is 18.0 Å². The minimum Gasteiger partial charge on any atom is -0.458 e. The Morgan fingerprint density at radius 1 is 0.697 bits per heavy atom. The molecule has 180 valence electrons. The Morgan fingerprint density at radius 3 is 1.55 bits per heavy atom. The van der Waals surface area contributed by atoms with Gasteiger partial charge in [0.05, 0.1) is 11.1 Å². The van der Waals surface area contributed by atoms with E-state index in [1.807, 2.05) is 24.3 Å². The van der Waals surface area contributed by atoms with Crippen LogP contribution >= 0.6 is 0 Å². The van der Waals surface area contributed by atoms with Crippen LogP contribution in [0.5, 0.6) is 0 Å². The molecule has 2 rings (SSSR count). The molecule has 0 N–H and O–H groups in total. The maximum absolute atomic E-state index is 12.4. The number of hydrogen-bond donors (Lipinski definition) is 0. The highest BCUT2D eigenvalue weighted by Gasteiger charge is 2.15. The van der Waals surface area contributed by atoms with Gasteiger partial charge in [0.1, 0.15) is 12.7 Å². The number of hydrogen-bond acceptors (Lipinski definition) is 4. The molecule has 4 heteroatoms. The monoisotopic (exact) mass is 452 g/mol. The molecule has 0 aliphatic carbocycles. The molecule has 0 amide bonds. The molecule has 2 aromatic carbocycles. The molecule has 1 unspecified atom stereocenters. The average molecular weight is 453 g/mol. The van der Waals surface area contributed by atoms with E-state index in [9.17, 15) is 9.59 Å². The summed E-state index contributed by atoms with van der Waals surface area (Å²) in [6.07, 6.45) is 6.24. The molecule has 0 bridgehead atoms. The lowest BCUT2D eigenvalue weighted by atomic mass is 9.96. The van der Waals surface area contributed by atoms with Crippen molar-refractivity contribution in [3.63, 3.8) is 0 Å². The fourth-order valence-corrected chi connectivity index (χ4v) is 4.11. The lowest BCUT2D eigenvalue weighted by Crippen LogP contribution is -2.22. The zero-order chi connectivity index (χ0) is 24.2. The minimum absolute atomic E-state index is 0.0203. The van der Waals surface area contributed by atoms with Gasteiger partial charge in [-0.15, -0.1) is 0 Å². The lowest BCUT2D eigenvalue weighted by Gasteiger charge is -2.15. The van der Waals surface area contributed by atoms with Gasteiger partial charge in [0.25, 0.3) is 0 Å². The van der Waals surface area contributed by atoms with Gasteiger partial charge in [-0.05, 0) is 67.0 Å². The molecule has 33 heavy (non-hydrogen) atoms. The average Bonchev–Trinajstić information content (AvgIpc) is 2.78. The molecule has 0 aromatic heterocycles. The maximum Gasteiger partial charge on any atom is 0.338 e. The van der Waals surface area contributed by atoms with Crippen LogP contribution < -0.4 is 0 Å². The van der Waals surface area contributed by atoms with Gasteiger partial charge in [-0.2, -0.15) is 0 Å². The summed E-state index contributed by atoms with van der Waals surface area (Å²) in [5.74, 6) is 0.446. The molecule has 2 aromatic rings. The normalized spacial score (nSPS) is 13.7. The summed E-state index contributed by atoms with van der Waals surface area (Å²) in [4.78, 5) is 24.8. The van der Waals surface area contributed by atoms with E-state index >= 15 is 0 Å². The van der Waals surface area contributed by atoms with Crippen molar-refractivity contribution in [3.05, 3.63) is 70.8 Å². The molecular weight excluding hydrogens is 412 g/mol. The second-order valence-corrected chi connectivity index (χ2v) is 9.40. The van der Waals surface area contributed by atoms with Crippen molar-refractivity contribution in [2.75, 3.05) is 6.61 Å². The van der Waals surface area contributed by atoms with E-state index in [1.54, 1.807) is 31.2 Å². The molecule has 0 spiro atoms. The Morgan fingerprint density at radius 2 is 1.12 bits per heavy atom. The zero-order valence-electron chi connectivity index (χ0n) is 20.9. The summed E-state index contributed by atoms with van der Waals surface area (Å²) in [7, 11) is 0. The molecule has 0 heterocycles. The zero-order valence-corrected chi connectivity index (χ0v) is 20.9. The van der Waals surface area contributed by atoms with Gasteiger partial charge in [0, 0.05) is 0 Å². The molecule has 0 fully saturated rings. The summed E-state index contributed by atoms with van der Waals surface area (Å²) >= 11 is 0. The van der Waals surface area contributed by atoms with Gasteiger partial charge in [0.15, 0.2) is 0 Å². The number of benzene rings is 2. The highest BCUT2D eigenvalue weighted by molar-refractivity contribution is 5.90.